The molecule has 0 saturated heterocycles. The van der Waals surface area contributed by atoms with Gasteiger partial charge < -0.3 is 16.6 Å². The van der Waals surface area contributed by atoms with Gasteiger partial charge in [-0.3, -0.25) is 9.11 Å². The minimum absolute atomic E-state index is 0.204. The molecule has 2 aromatic rings. The fourth-order valence-electron chi connectivity index (χ4n) is 1.92. The first-order valence-corrected chi connectivity index (χ1v) is 8.10. The molecule has 0 radical (unpaired) electrons. The Morgan fingerprint density at radius 2 is 1.38 bits per heavy atom. The number of phenolic OH excluding ortho intramolecular Hbond substituents is 1. The van der Waals surface area contributed by atoms with Crippen LogP contribution in [-0.2, 0) is 20.2 Å². The van der Waals surface area contributed by atoms with Gasteiger partial charge in [-0.15, -0.1) is 0 Å². The van der Waals surface area contributed by atoms with Gasteiger partial charge in [0.2, 0.25) is 0 Å². The van der Waals surface area contributed by atoms with Crippen molar-refractivity contribution < 1.29 is 31.0 Å². The van der Waals surface area contributed by atoms with Gasteiger partial charge in [0.15, 0.2) is 0 Å². The van der Waals surface area contributed by atoms with E-state index in [0.717, 1.165) is 18.2 Å². The fourth-order valence-corrected chi connectivity index (χ4v) is 3.39. The van der Waals surface area contributed by atoms with Crippen LogP contribution in [-0.4, -0.2) is 31.0 Å². The largest absolute Gasteiger partial charge is 0.505 e. The van der Waals surface area contributed by atoms with Gasteiger partial charge in [-0.05, 0) is 18.2 Å². The zero-order chi connectivity index (χ0) is 16.2. The average Bonchev–Trinajstić information content (AvgIpc) is 2.30. The maximum atomic E-state index is 11.4. The predicted octanol–water partition coefficient (Wildman–Crippen LogP) is 0.203. The number of aromatic hydroxyl groups is 1. The molecule has 11 heteroatoms. The molecule has 0 heterocycles. The third-order valence-electron chi connectivity index (χ3n) is 2.74. The molecule has 0 spiro atoms. The van der Waals surface area contributed by atoms with Crippen molar-refractivity contribution in [3.8, 4) is 5.75 Å². The molecule has 0 aliphatic carbocycles. The highest BCUT2D eigenvalue weighted by Crippen LogP contribution is 2.40. The Hall–Kier alpha value is -2.08. The van der Waals surface area contributed by atoms with Gasteiger partial charge in [0.25, 0.3) is 20.2 Å². The summed E-state index contributed by atoms with van der Waals surface area (Å²) in [6.07, 6.45) is 0. The second kappa shape index (κ2) is 4.46. The second-order valence-electron chi connectivity index (χ2n) is 4.20. The van der Waals surface area contributed by atoms with Crippen molar-refractivity contribution in [2.75, 3.05) is 11.5 Å². The Morgan fingerprint density at radius 3 is 1.86 bits per heavy atom. The molecule has 0 bridgehead atoms. The van der Waals surface area contributed by atoms with Crippen molar-refractivity contribution in [3.05, 3.63) is 18.2 Å². The molecule has 0 atom stereocenters. The summed E-state index contributed by atoms with van der Waals surface area (Å²) in [4.78, 5) is -1.57. The quantitative estimate of drug-likeness (QED) is 0.291. The Balaban J connectivity index is 3.23. The van der Waals surface area contributed by atoms with Crippen LogP contribution in [0.1, 0.15) is 0 Å². The van der Waals surface area contributed by atoms with Gasteiger partial charge in [0.05, 0.1) is 5.69 Å². The minimum Gasteiger partial charge on any atom is -0.505 e. The van der Waals surface area contributed by atoms with Crippen LogP contribution in [0.15, 0.2) is 28.0 Å². The summed E-state index contributed by atoms with van der Waals surface area (Å²) in [5.41, 5.74) is 10.2. The third-order valence-corrected chi connectivity index (χ3v) is 4.51. The smallest absolute Gasteiger partial charge is 0.295 e. The summed E-state index contributed by atoms with van der Waals surface area (Å²) < 4.78 is 63.8. The van der Waals surface area contributed by atoms with Crippen LogP contribution in [0.2, 0.25) is 0 Å². The molecule has 114 valence electrons. The van der Waals surface area contributed by atoms with E-state index in [1.54, 1.807) is 0 Å². The number of nitrogen functional groups attached to an aromatic ring is 2. The zero-order valence-corrected chi connectivity index (χ0v) is 11.8. The molecular formula is C10H10N2O7S2. The van der Waals surface area contributed by atoms with Crippen molar-refractivity contribution in [2.24, 2.45) is 0 Å². The molecule has 0 aliphatic heterocycles. The highest BCUT2D eigenvalue weighted by molar-refractivity contribution is 7.86. The number of fused-ring (bicyclic) bond motifs is 1. The number of hydrogen-bond donors (Lipinski definition) is 5. The van der Waals surface area contributed by atoms with E-state index in [1.165, 1.54) is 0 Å². The maximum Gasteiger partial charge on any atom is 0.295 e. The molecule has 0 saturated carbocycles. The summed E-state index contributed by atoms with van der Waals surface area (Å²) >= 11 is 0. The molecule has 7 N–H and O–H groups in total. The van der Waals surface area contributed by atoms with Crippen LogP contribution in [0, 0.1) is 0 Å². The van der Waals surface area contributed by atoms with Crippen molar-refractivity contribution in [3.63, 3.8) is 0 Å². The molecule has 0 aromatic heterocycles. The van der Waals surface area contributed by atoms with E-state index >= 15 is 0 Å². The van der Waals surface area contributed by atoms with Gasteiger partial charge in [0, 0.05) is 16.5 Å². The van der Waals surface area contributed by atoms with Crippen molar-refractivity contribution in [1.82, 2.24) is 0 Å². The number of phenols is 1. The second-order valence-corrected chi connectivity index (χ2v) is 6.98. The lowest BCUT2D eigenvalue weighted by molar-refractivity contribution is 0.473. The van der Waals surface area contributed by atoms with Crippen LogP contribution in [0.5, 0.6) is 5.75 Å². The van der Waals surface area contributed by atoms with Crippen LogP contribution in [0.4, 0.5) is 11.4 Å². The first kappa shape index (κ1) is 15.3. The number of anilines is 2. The Kier molecular flexibility index (Phi) is 3.25. The van der Waals surface area contributed by atoms with Gasteiger partial charge in [-0.2, -0.15) is 16.8 Å². The van der Waals surface area contributed by atoms with E-state index in [2.05, 4.69) is 0 Å². The summed E-state index contributed by atoms with van der Waals surface area (Å²) in [5.74, 6) is -0.759. The highest BCUT2D eigenvalue weighted by Gasteiger charge is 2.25. The van der Waals surface area contributed by atoms with Crippen molar-refractivity contribution >= 4 is 42.4 Å². The number of benzene rings is 2. The summed E-state index contributed by atoms with van der Waals surface area (Å²) in [6, 6.07) is 2.59. The summed E-state index contributed by atoms with van der Waals surface area (Å²) in [6.45, 7) is 0. The SMILES string of the molecule is Nc1cc(S(=O)(=O)O)c2c(O)c(N)cc(S(=O)(=O)O)c2c1. The maximum absolute atomic E-state index is 11.4. The first-order chi connectivity index (χ1) is 9.43. The number of hydrogen-bond acceptors (Lipinski definition) is 7. The van der Waals surface area contributed by atoms with Crippen LogP contribution < -0.4 is 11.5 Å². The van der Waals surface area contributed by atoms with E-state index < -0.39 is 52.2 Å². The average molecular weight is 334 g/mol. The normalized spacial score (nSPS) is 12.7. The number of nitrogens with two attached hydrogens (primary N) is 2. The van der Waals surface area contributed by atoms with E-state index in [0.29, 0.717) is 0 Å². The van der Waals surface area contributed by atoms with E-state index in [9.17, 15) is 26.5 Å². The molecule has 0 amide bonds. The van der Waals surface area contributed by atoms with Gasteiger partial charge in [0.1, 0.15) is 15.5 Å². The Labute approximate surface area is 119 Å². The molecule has 2 aromatic carbocycles. The van der Waals surface area contributed by atoms with Crippen molar-refractivity contribution in [2.45, 2.75) is 9.79 Å². The van der Waals surface area contributed by atoms with Crippen molar-refractivity contribution in [1.29, 1.82) is 0 Å². The third kappa shape index (κ3) is 2.58. The lowest BCUT2D eigenvalue weighted by Gasteiger charge is -2.12. The summed E-state index contributed by atoms with van der Waals surface area (Å²) in [7, 11) is -9.60. The minimum atomic E-state index is -4.83. The Morgan fingerprint density at radius 1 is 0.857 bits per heavy atom. The summed E-state index contributed by atoms with van der Waals surface area (Å²) in [5, 5.41) is 8.92. The molecule has 21 heavy (non-hydrogen) atoms. The molecule has 0 fully saturated rings. The van der Waals surface area contributed by atoms with E-state index in [1.807, 2.05) is 0 Å². The van der Waals surface area contributed by atoms with E-state index in [4.69, 9.17) is 16.0 Å². The Bertz CT molecular complexity index is 965. The molecule has 0 unspecified atom stereocenters. The zero-order valence-electron chi connectivity index (χ0n) is 10.2. The van der Waals surface area contributed by atoms with Gasteiger partial charge in [-0.25, -0.2) is 0 Å². The monoisotopic (exact) mass is 334 g/mol. The van der Waals surface area contributed by atoms with Crippen LogP contribution in [0.3, 0.4) is 0 Å². The lowest BCUT2D eigenvalue weighted by atomic mass is 10.1. The van der Waals surface area contributed by atoms with E-state index in [-0.39, 0.29) is 5.69 Å². The number of rotatable bonds is 2. The highest BCUT2D eigenvalue weighted by atomic mass is 32.2. The van der Waals surface area contributed by atoms with Crippen LogP contribution >= 0.6 is 0 Å². The van der Waals surface area contributed by atoms with Gasteiger partial charge in [-0.1, -0.05) is 0 Å². The molecular weight excluding hydrogens is 324 g/mol. The molecule has 2 rings (SSSR count). The fraction of sp³-hybridized carbons (Fsp3) is 0. The van der Waals surface area contributed by atoms with Gasteiger partial charge >= 0.3 is 0 Å². The molecule has 0 aliphatic rings. The van der Waals surface area contributed by atoms with Crippen LogP contribution in [0.25, 0.3) is 10.8 Å². The predicted molar refractivity (Wildman–Crippen MR) is 74.1 cm³/mol. The lowest BCUT2D eigenvalue weighted by Crippen LogP contribution is -2.06. The molecule has 9 nitrogen and oxygen atoms in total. The first-order valence-electron chi connectivity index (χ1n) is 5.22. The standard InChI is InChI=1S/C10H10N2O7S2/c11-4-1-5-7(20(14,15)16)3-6(12)10(13)9(5)8(2-4)21(17,18)19/h1-3,13H,11-12H2,(H,14,15,16)(H,17,18,19). The topological polar surface area (TPSA) is 181 Å².